The van der Waals surface area contributed by atoms with Crippen molar-refractivity contribution in [2.75, 3.05) is 13.1 Å². The third kappa shape index (κ3) is 3.16. The SMILES string of the molecule is O=C(c1ccc(-c2nn[nH]n2)cc1)N1CCC(c2nc3ccccc3s2)CC1. The first-order chi connectivity index (χ1) is 13.8. The summed E-state index contributed by atoms with van der Waals surface area (Å²) in [5.41, 5.74) is 2.59. The maximum atomic E-state index is 12.8. The second-order valence-electron chi connectivity index (χ2n) is 6.90. The van der Waals surface area contributed by atoms with Crippen LogP contribution in [0.4, 0.5) is 0 Å². The minimum Gasteiger partial charge on any atom is -0.339 e. The van der Waals surface area contributed by atoms with Crippen LogP contribution in [0.5, 0.6) is 0 Å². The number of fused-ring (bicyclic) bond motifs is 1. The molecule has 1 N–H and O–H groups in total. The average molecular weight is 390 g/mol. The summed E-state index contributed by atoms with van der Waals surface area (Å²) >= 11 is 1.78. The summed E-state index contributed by atoms with van der Waals surface area (Å²) in [6.45, 7) is 1.51. The van der Waals surface area contributed by atoms with Crippen LogP contribution in [0.2, 0.25) is 0 Å². The van der Waals surface area contributed by atoms with Crippen LogP contribution in [-0.4, -0.2) is 49.5 Å². The van der Waals surface area contributed by atoms with Crippen molar-refractivity contribution in [2.24, 2.45) is 0 Å². The second kappa shape index (κ2) is 7.12. The van der Waals surface area contributed by atoms with Crippen molar-refractivity contribution in [3.8, 4) is 11.4 Å². The van der Waals surface area contributed by atoms with Crippen LogP contribution >= 0.6 is 11.3 Å². The standard InChI is InChI=1S/C20H18N6OS/c27-20(15-7-5-13(6-8-15)18-22-24-25-23-18)26-11-9-14(10-12-26)19-21-16-3-1-2-4-17(16)28-19/h1-8,14H,9-12H2,(H,22,23,24,25). The number of carbonyl (C=O) groups excluding carboxylic acids is 1. The van der Waals surface area contributed by atoms with Crippen LogP contribution in [-0.2, 0) is 0 Å². The van der Waals surface area contributed by atoms with Crippen molar-refractivity contribution < 1.29 is 4.79 Å². The monoisotopic (exact) mass is 390 g/mol. The lowest BCUT2D eigenvalue weighted by Gasteiger charge is -2.31. The molecule has 1 aliphatic heterocycles. The number of likely N-dealkylation sites (tertiary alicyclic amines) is 1. The van der Waals surface area contributed by atoms with E-state index >= 15 is 0 Å². The van der Waals surface area contributed by atoms with E-state index in [1.165, 1.54) is 9.71 Å². The molecule has 8 heteroatoms. The van der Waals surface area contributed by atoms with Gasteiger partial charge in [0.15, 0.2) is 0 Å². The number of amides is 1. The molecule has 1 aliphatic rings. The lowest BCUT2D eigenvalue weighted by Crippen LogP contribution is -2.37. The number of rotatable bonds is 3. The summed E-state index contributed by atoms with van der Waals surface area (Å²) < 4.78 is 1.23. The van der Waals surface area contributed by atoms with Gasteiger partial charge in [0.25, 0.3) is 5.91 Å². The summed E-state index contributed by atoms with van der Waals surface area (Å²) in [5, 5.41) is 15.1. The van der Waals surface area contributed by atoms with E-state index in [2.05, 4.69) is 38.8 Å². The third-order valence-electron chi connectivity index (χ3n) is 5.18. The Labute approximate surface area is 165 Å². The number of benzene rings is 2. The number of carbonyl (C=O) groups is 1. The van der Waals surface area contributed by atoms with E-state index in [1.807, 2.05) is 35.2 Å². The smallest absolute Gasteiger partial charge is 0.253 e. The van der Waals surface area contributed by atoms with Gasteiger partial charge in [-0.25, -0.2) is 4.98 Å². The Morgan fingerprint density at radius 2 is 1.86 bits per heavy atom. The third-order valence-corrected chi connectivity index (χ3v) is 6.38. The van der Waals surface area contributed by atoms with E-state index in [0.29, 0.717) is 17.3 Å². The number of hydrogen-bond donors (Lipinski definition) is 1. The summed E-state index contributed by atoms with van der Waals surface area (Å²) in [4.78, 5) is 19.6. The van der Waals surface area contributed by atoms with Gasteiger partial charge in [0.05, 0.1) is 15.2 Å². The quantitative estimate of drug-likeness (QED) is 0.578. The maximum Gasteiger partial charge on any atom is 0.253 e. The fourth-order valence-electron chi connectivity index (χ4n) is 3.62. The van der Waals surface area contributed by atoms with Gasteiger partial charge in [-0.05, 0) is 42.3 Å². The van der Waals surface area contributed by atoms with Gasteiger partial charge < -0.3 is 4.90 Å². The molecule has 0 saturated carbocycles. The number of aromatic amines is 1. The lowest BCUT2D eigenvalue weighted by molar-refractivity contribution is 0.0713. The Hall–Kier alpha value is -3.13. The minimum atomic E-state index is 0.0717. The van der Waals surface area contributed by atoms with Crippen molar-refractivity contribution in [3.05, 3.63) is 59.1 Å². The van der Waals surface area contributed by atoms with Gasteiger partial charge in [0, 0.05) is 30.1 Å². The number of aromatic nitrogens is 5. The number of thiazole rings is 1. The highest BCUT2D eigenvalue weighted by Crippen LogP contribution is 2.34. The predicted molar refractivity (Wildman–Crippen MR) is 107 cm³/mol. The van der Waals surface area contributed by atoms with Gasteiger partial charge >= 0.3 is 0 Å². The molecule has 5 rings (SSSR count). The lowest BCUT2D eigenvalue weighted by atomic mass is 9.97. The first-order valence-electron chi connectivity index (χ1n) is 9.26. The largest absolute Gasteiger partial charge is 0.339 e. The van der Waals surface area contributed by atoms with Crippen LogP contribution in [0.3, 0.4) is 0 Å². The first kappa shape index (κ1) is 17.0. The normalized spacial score (nSPS) is 15.2. The highest BCUT2D eigenvalue weighted by molar-refractivity contribution is 7.18. The second-order valence-corrected chi connectivity index (χ2v) is 7.96. The van der Waals surface area contributed by atoms with Crippen LogP contribution < -0.4 is 0 Å². The molecule has 2 aromatic heterocycles. The van der Waals surface area contributed by atoms with Crippen LogP contribution in [0.1, 0.15) is 34.1 Å². The predicted octanol–water partition coefficient (Wildman–Crippen LogP) is 3.50. The summed E-state index contributed by atoms with van der Waals surface area (Å²) in [6.07, 6.45) is 1.90. The van der Waals surface area contributed by atoms with Crippen LogP contribution in [0.25, 0.3) is 21.6 Å². The summed E-state index contributed by atoms with van der Waals surface area (Å²) in [7, 11) is 0. The van der Waals surface area contributed by atoms with Crippen molar-refractivity contribution in [1.82, 2.24) is 30.5 Å². The fourth-order valence-corrected chi connectivity index (χ4v) is 4.76. The summed E-state index contributed by atoms with van der Waals surface area (Å²) in [6, 6.07) is 15.6. The van der Waals surface area contributed by atoms with E-state index < -0.39 is 0 Å². The molecule has 1 fully saturated rings. The molecule has 2 aromatic carbocycles. The Morgan fingerprint density at radius 3 is 2.57 bits per heavy atom. The molecule has 0 aliphatic carbocycles. The van der Waals surface area contributed by atoms with Gasteiger partial charge in [-0.3, -0.25) is 4.79 Å². The minimum absolute atomic E-state index is 0.0717. The molecule has 0 bridgehead atoms. The molecular formula is C20H18N6OS. The molecule has 0 spiro atoms. The van der Waals surface area contributed by atoms with Crippen molar-refractivity contribution in [1.29, 1.82) is 0 Å². The topological polar surface area (TPSA) is 87.7 Å². The maximum absolute atomic E-state index is 12.8. The highest BCUT2D eigenvalue weighted by Gasteiger charge is 2.26. The number of tetrazole rings is 1. The Balaban J connectivity index is 1.25. The van der Waals surface area contributed by atoms with Gasteiger partial charge in [-0.1, -0.05) is 24.3 Å². The average Bonchev–Trinajstić information content (AvgIpc) is 3.43. The molecule has 3 heterocycles. The molecule has 1 amide bonds. The molecule has 0 radical (unpaired) electrons. The Morgan fingerprint density at radius 1 is 1.07 bits per heavy atom. The van der Waals surface area contributed by atoms with Gasteiger partial charge in [-0.15, -0.1) is 21.5 Å². The molecule has 4 aromatic rings. The molecule has 140 valence electrons. The molecule has 28 heavy (non-hydrogen) atoms. The van der Waals surface area contributed by atoms with Crippen molar-refractivity contribution in [2.45, 2.75) is 18.8 Å². The first-order valence-corrected chi connectivity index (χ1v) is 10.1. The van der Waals surface area contributed by atoms with E-state index in [4.69, 9.17) is 4.98 Å². The molecule has 0 unspecified atom stereocenters. The molecule has 1 saturated heterocycles. The zero-order valence-corrected chi connectivity index (χ0v) is 15.9. The Kier molecular flexibility index (Phi) is 4.32. The summed E-state index contributed by atoms with van der Waals surface area (Å²) in [5.74, 6) is 1.03. The van der Waals surface area contributed by atoms with Gasteiger partial charge in [0.1, 0.15) is 0 Å². The van der Waals surface area contributed by atoms with Crippen LogP contribution in [0.15, 0.2) is 48.5 Å². The number of para-hydroxylation sites is 1. The van der Waals surface area contributed by atoms with Crippen molar-refractivity contribution in [3.63, 3.8) is 0 Å². The molecular weight excluding hydrogens is 372 g/mol. The number of hydrogen-bond acceptors (Lipinski definition) is 6. The zero-order chi connectivity index (χ0) is 18.9. The number of nitrogens with one attached hydrogen (secondary N) is 1. The van der Waals surface area contributed by atoms with E-state index in [9.17, 15) is 4.79 Å². The van der Waals surface area contributed by atoms with Crippen LogP contribution in [0, 0.1) is 0 Å². The number of nitrogens with zero attached hydrogens (tertiary/aromatic N) is 5. The fraction of sp³-hybridized carbons (Fsp3) is 0.250. The van der Waals surface area contributed by atoms with E-state index in [-0.39, 0.29) is 5.91 Å². The molecule has 7 nitrogen and oxygen atoms in total. The van der Waals surface area contributed by atoms with E-state index in [1.54, 1.807) is 11.3 Å². The van der Waals surface area contributed by atoms with E-state index in [0.717, 1.165) is 37.0 Å². The Bertz CT molecular complexity index is 1060. The number of H-pyrrole nitrogens is 1. The molecule has 0 atom stereocenters. The van der Waals surface area contributed by atoms with Crippen molar-refractivity contribution >= 4 is 27.5 Å². The van der Waals surface area contributed by atoms with Gasteiger partial charge in [-0.2, -0.15) is 5.21 Å². The highest BCUT2D eigenvalue weighted by atomic mass is 32.1. The zero-order valence-electron chi connectivity index (χ0n) is 15.1. The van der Waals surface area contributed by atoms with Gasteiger partial charge in [0.2, 0.25) is 5.82 Å². The number of piperidine rings is 1.